The van der Waals surface area contributed by atoms with Gasteiger partial charge < -0.3 is 9.79 Å². The molecule has 0 radical (unpaired) electrons. The maximum atomic E-state index is 10.3. The van der Waals surface area contributed by atoms with Gasteiger partial charge in [-0.2, -0.15) is 0 Å². The van der Waals surface area contributed by atoms with Crippen LogP contribution >= 0.6 is 7.82 Å². The van der Waals surface area contributed by atoms with Gasteiger partial charge >= 0.3 is 7.82 Å². The Bertz CT molecular complexity index is 327. The van der Waals surface area contributed by atoms with E-state index in [0.717, 1.165) is 11.1 Å². The fourth-order valence-electron chi connectivity index (χ4n) is 1.04. The Morgan fingerprint density at radius 3 is 2.36 bits per heavy atom. The molecule has 78 valence electrons. The van der Waals surface area contributed by atoms with Gasteiger partial charge in [0.1, 0.15) is 0 Å². The maximum absolute atomic E-state index is 10.3. The molecule has 0 atom stereocenters. The Balaban J connectivity index is 2.39. The van der Waals surface area contributed by atoms with Crippen molar-refractivity contribution in [1.29, 1.82) is 0 Å². The molecular weight excluding hydrogens is 203 g/mol. The summed E-state index contributed by atoms with van der Waals surface area (Å²) in [6, 6.07) is 7.73. The number of aryl methyl sites for hydroxylation is 1. The number of rotatable bonds is 4. The van der Waals surface area contributed by atoms with Gasteiger partial charge in [0.2, 0.25) is 0 Å². The highest BCUT2D eigenvalue weighted by Crippen LogP contribution is 2.35. The number of hydrogen-bond donors (Lipinski definition) is 2. The lowest BCUT2D eigenvalue weighted by molar-refractivity contribution is 0.199. The molecule has 0 fully saturated rings. The molecule has 0 aromatic heterocycles. The molecule has 2 N–H and O–H groups in total. The van der Waals surface area contributed by atoms with E-state index in [1.54, 1.807) is 0 Å². The van der Waals surface area contributed by atoms with E-state index in [9.17, 15) is 4.57 Å². The summed E-state index contributed by atoms with van der Waals surface area (Å²) in [5.41, 5.74) is 2.16. The van der Waals surface area contributed by atoms with Crippen LogP contribution in [0.4, 0.5) is 0 Å². The van der Waals surface area contributed by atoms with E-state index in [-0.39, 0.29) is 6.61 Å². The Hall–Kier alpha value is -0.670. The summed E-state index contributed by atoms with van der Waals surface area (Å²) in [6.07, 6.45) is 0.505. The van der Waals surface area contributed by atoms with E-state index in [4.69, 9.17) is 9.79 Å². The first kappa shape index (κ1) is 11.4. The molecule has 1 aromatic carbocycles. The monoisotopic (exact) mass is 216 g/mol. The zero-order valence-corrected chi connectivity index (χ0v) is 8.78. The maximum Gasteiger partial charge on any atom is 0.469 e. The average molecular weight is 216 g/mol. The van der Waals surface area contributed by atoms with Crippen LogP contribution < -0.4 is 0 Å². The van der Waals surface area contributed by atoms with Gasteiger partial charge in [-0.05, 0) is 18.9 Å². The first-order valence-electron chi connectivity index (χ1n) is 4.23. The lowest BCUT2D eigenvalue weighted by atomic mass is 10.1. The van der Waals surface area contributed by atoms with Crippen LogP contribution in [0.25, 0.3) is 0 Å². The van der Waals surface area contributed by atoms with Crippen LogP contribution in [0.3, 0.4) is 0 Å². The van der Waals surface area contributed by atoms with Crippen molar-refractivity contribution in [2.24, 2.45) is 0 Å². The summed E-state index contributed by atoms with van der Waals surface area (Å²) in [7, 11) is -4.31. The second kappa shape index (κ2) is 4.71. The van der Waals surface area contributed by atoms with Crippen molar-refractivity contribution >= 4 is 7.82 Å². The summed E-state index contributed by atoms with van der Waals surface area (Å²) >= 11 is 0. The smallest absolute Gasteiger partial charge is 0.303 e. The van der Waals surface area contributed by atoms with Gasteiger partial charge in [0.15, 0.2) is 0 Å². The molecule has 0 saturated heterocycles. The fourth-order valence-corrected chi connectivity index (χ4v) is 1.37. The Kier molecular flexibility index (Phi) is 3.84. The van der Waals surface area contributed by atoms with Crippen LogP contribution in [0.1, 0.15) is 11.1 Å². The third kappa shape index (κ3) is 4.53. The van der Waals surface area contributed by atoms with Crippen molar-refractivity contribution in [2.45, 2.75) is 13.3 Å². The molecular formula is C9H13O4P. The van der Waals surface area contributed by atoms with E-state index >= 15 is 0 Å². The van der Waals surface area contributed by atoms with Crippen molar-refractivity contribution < 1.29 is 18.9 Å². The summed E-state index contributed by atoms with van der Waals surface area (Å²) < 4.78 is 14.7. The van der Waals surface area contributed by atoms with Crippen LogP contribution in [0.2, 0.25) is 0 Å². The van der Waals surface area contributed by atoms with Crippen LogP contribution in [0.5, 0.6) is 0 Å². The minimum absolute atomic E-state index is 0.0351. The third-order valence-corrected chi connectivity index (χ3v) is 2.29. The van der Waals surface area contributed by atoms with Gasteiger partial charge in [0, 0.05) is 0 Å². The van der Waals surface area contributed by atoms with E-state index in [0.29, 0.717) is 6.42 Å². The van der Waals surface area contributed by atoms with Crippen molar-refractivity contribution in [1.82, 2.24) is 0 Å². The lowest BCUT2D eigenvalue weighted by Crippen LogP contribution is -1.96. The van der Waals surface area contributed by atoms with Crippen molar-refractivity contribution in [3.63, 3.8) is 0 Å². The van der Waals surface area contributed by atoms with Gasteiger partial charge in [0.25, 0.3) is 0 Å². The second-order valence-corrected chi connectivity index (χ2v) is 4.30. The van der Waals surface area contributed by atoms with Gasteiger partial charge in [-0.1, -0.05) is 29.8 Å². The van der Waals surface area contributed by atoms with Crippen LogP contribution in [0, 0.1) is 6.92 Å². The van der Waals surface area contributed by atoms with Gasteiger partial charge in [0.05, 0.1) is 6.61 Å². The Morgan fingerprint density at radius 2 is 1.86 bits per heavy atom. The molecule has 0 unspecified atom stereocenters. The standard InChI is InChI=1S/C9H13O4P/c1-8-2-4-9(5-3-8)6-7-13-14(10,11)12/h2-5H,6-7H2,1H3,(H2,10,11,12). The number of hydrogen-bond acceptors (Lipinski definition) is 2. The SMILES string of the molecule is Cc1ccc(CCOP(=O)(O)O)cc1. The van der Waals surface area contributed by atoms with Crippen molar-refractivity contribution in [3.8, 4) is 0 Å². The molecule has 0 amide bonds. The van der Waals surface area contributed by atoms with E-state index in [1.165, 1.54) is 0 Å². The summed E-state index contributed by atoms with van der Waals surface area (Å²) in [5, 5.41) is 0. The molecule has 0 aliphatic carbocycles. The molecule has 5 heteroatoms. The number of benzene rings is 1. The van der Waals surface area contributed by atoms with E-state index in [1.807, 2.05) is 31.2 Å². The highest BCUT2D eigenvalue weighted by Gasteiger charge is 2.12. The summed E-state index contributed by atoms with van der Waals surface area (Å²) in [5.74, 6) is 0. The Labute approximate surface area is 82.8 Å². The first-order chi connectivity index (χ1) is 6.47. The molecule has 1 aromatic rings. The predicted molar refractivity (Wildman–Crippen MR) is 52.9 cm³/mol. The minimum Gasteiger partial charge on any atom is -0.303 e. The van der Waals surface area contributed by atoms with Crippen molar-refractivity contribution in [2.75, 3.05) is 6.61 Å². The topological polar surface area (TPSA) is 66.8 Å². The highest BCUT2D eigenvalue weighted by molar-refractivity contribution is 7.46. The summed E-state index contributed by atoms with van der Waals surface area (Å²) in [4.78, 5) is 16.9. The van der Waals surface area contributed by atoms with E-state index < -0.39 is 7.82 Å². The minimum atomic E-state index is -4.31. The predicted octanol–water partition coefficient (Wildman–Crippen LogP) is 1.65. The molecule has 0 heterocycles. The summed E-state index contributed by atoms with van der Waals surface area (Å²) in [6.45, 7) is 2.02. The average Bonchev–Trinajstić information content (AvgIpc) is 2.06. The van der Waals surface area contributed by atoms with Crippen LogP contribution in [0.15, 0.2) is 24.3 Å². The lowest BCUT2D eigenvalue weighted by Gasteiger charge is -2.05. The molecule has 14 heavy (non-hydrogen) atoms. The normalized spacial score (nSPS) is 11.6. The van der Waals surface area contributed by atoms with Crippen molar-refractivity contribution in [3.05, 3.63) is 35.4 Å². The first-order valence-corrected chi connectivity index (χ1v) is 5.76. The molecule has 0 aliphatic rings. The fraction of sp³-hybridized carbons (Fsp3) is 0.333. The van der Waals surface area contributed by atoms with Crippen LogP contribution in [-0.2, 0) is 15.5 Å². The third-order valence-electron chi connectivity index (χ3n) is 1.77. The zero-order chi connectivity index (χ0) is 10.6. The molecule has 0 bridgehead atoms. The molecule has 0 spiro atoms. The Morgan fingerprint density at radius 1 is 1.29 bits per heavy atom. The van der Waals surface area contributed by atoms with Crippen LogP contribution in [-0.4, -0.2) is 16.4 Å². The van der Waals surface area contributed by atoms with Gasteiger partial charge in [-0.25, -0.2) is 4.57 Å². The zero-order valence-electron chi connectivity index (χ0n) is 7.88. The van der Waals surface area contributed by atoms with E-state index in [2.05, 4.69) is 4.52 Å². The van der Waals surface area contributed by atoms with Gasteiger partial charge in [-0.3, -0.25) is 4.52 Å². The largest absolute Gasteiger partial charge is 0.469 e. The molecule has 0 saturated carbocycles. The number of phosphoric ester groups is 1. The second-order valence-electron chi connectivity index (χ2n) is 3.06. The number of phosphoric acid groups is 1. The molecule has 4 nitrogen and oxygen atoms in total. The van der Waals surface area contributed by atoms with Gasteiger partial charge in [-0.15, -0.1) is 0 Å². The molecule has 1 rings (SSSR count). The highest BCUT2D eigenvalue weighted by atomic mass is 31.2. The molecule has 0 aliphatic heterocycles. The quantitative estimate of drug-likeness (QED) is 0.751.